The predicted octanol–water partition coefficient (Wildman–Crippen LogP) is 14.7. The fraction of sp³-hybridized carbons (Fsp3) is 0.113. The van der Waals surface area contributed by atoms with Crippen LogP contribution in [0.5, 0.6) is 51.7 Å². The van der Waals surface area contributed by atoms with Crippen molar-refractivity contribution in [3.05, 3.63) is 304 Å². The predicted molar refractivity (Wildman–Crippen MR) is 310 cm³/mol. The molecule has 3 aliphatic rings. The standard InChI is InChI=1S/C71H52O13/c1-68(2,3)84-67(74)49-41-58(64-61(44-49)80-71(83-64,54-35-21-9-22-36-54)55-37-23-10-24-38-55)77-66(73)48-40-57(63-60(43-48)79-70(82-63,52-31-17-7-18-32-52)53-33-19-8-20-34-53)76-65(72)47-39-56(75-45-46-25-11-4-12-26-46)62-59(42-47)78-69(81-62,50-27-13-5-14-28-50)51-29-15-6-16-30-51/h4-44H,45H2,1-3H3. The van der Waals surface area contributed by atoms with E-state index < -0.39 is 40.9 Å². The number of esters is 3. The van der Waals surface area contributed by atoms with Crippen molar-refractivity contribution in [2.24, 2.45) is 0 Å². The van der Waals surface area contributed by atoms with Crippen LogP contribution in [-0.4, -0.2) is 23.5 Å². The molecule has 0 amide bonds. The Morgan fingerprint density at radius 1 is 0.345 bits per heavy atom. The van der Waals surface area contributed by atoms with Gasteiger partial charge in [0.2, 0.25) is 17.2 Å². The van der Waals surface area contributed by atoms with E-state index in [1.54, 1.807) is 20.8 Å². The number of benzene rings is 10. The van der Waals surface area contributed by atoms with Gasteiger partial charge in [-0.1, -0.05) is 212 Å². The van der Waals surface area contributed by atoms with Crippen molar-refractivity contribution in [2.75, 3.05) is 0 Å². The molecule has 0 fully saturated rings. The third-order valence-corrected chi connectivity index (χ3v) is 14.2. The second kappa shape index (κ2) is 21.3. The summed E-state index contributed by atoms with van der Waals surface area (Å²) in [6.07, 6.45) is 0. The van der Waals surface area contributed by atoms with E-state index in [0.29, 0.717) is 33.4 Å². The van der Waals surface area contributed by atoms with Crippen molar-refractivity contribution < 1.29 is 61.8 Å². The first-order valence-corrected chi connectivity index (χ1v) is 27.2. The Hall–Kier alpha value is -10.8. The van der Waals surface area contributed by atoms with Crippen LogP contribution < -0.4 is 42.6 Å². The van der Waals surface area contributed by atoms with Crippen molar-refractivity contribution >= 4 is 17.9 Å². The minimum Gasteiger partial charge on any atom is -0.485 e. The van der Waals surface area contributed by atoms with Crippen molar-refractivity contribution in [2.45, 2.75) is 50.3 Å². The van der Waals surface area contributed by atoms with E-state index in [2.05, 4.69) is 0 Å². The third kappa shape index (κ3) is 9.81. The van der Waals surface area contributed by atoms with Gasteiger partial charge in [-0.25, -0.2) is 14.4 Å². The first-order valence-electron chi connectivity index (χ1n) is 27.2. The summed E-state index contributed by atoms with van der Waals surface area (Å²) < 4.78 is 66.4. The van der Waals surface area contributed by atoms with Gasteiger partial charge in [0.25, 0.3) is 0 Å². The Labute approximate surface area is 484 Å². The highest BCUT2D eigenvalue weighted by Gasteiger charge is 2.51. The first kappa shape index (κ1) is 52.6. The van der Waals surface area contributed by atoms with Gasteiger partial charge in [-0.2, -0.15) is 0 Å². The maximum Gasteiger partial charge on any atom is 0.343 e. The SMILES string of the molecule is CC(C)(C)OC(=O)c1cc(OC(=O)c2cc(OC(=O)c3cc(OCc4ccccc4)c4c(c3)OC(c3ccccc3)(c3ccccc3)O4)c3c(c2)OC(c2ccccc2)(c2ccccc2)O3)c2c(c1)OC(c1ccccc1)(c1ccccc1)O2. The lowest BCUT2D eigenvalue weighted by Gasteiger charge is -2.28. The van der Waals surface area contributed by atoms with E-state index in [1.807, 2.05) is 212 Å². The smallest absolute Gasteiger partial charge is 0.343 e. The molecular weight excluding hydrogens is 1060 g/mol. The second-order valence-corrected chi connectivity index (χ2v) is 21.1. The van der Waals surface area contributed by atoms with Crippen LogP contribution >= 0.6 is 0 Å². The van der Waals surface area contributed by atoms with Gasteiger partial charge in [0.05, 0.1) is 16.7 Å². The van der Waals surface area contributed by atoms with Crippen LogP contribution in [0.1, 0.15) is 90.8 Å². The van der Waals surface area contributed by atoms with Crippen LogP contribution in [0.3, 0.4) is 0 Å². The van der Waals surface area contributed by atoms with Gasteiger partial charge in [0, 0.05) is 33.4 Å². The molecule has 0 saturated heterocycles. The number of carbonyl (C=O) groups is 3. The minimum atomic E-state index is -1.64. The van der Waals surface area contributed by atoms with Gasteiger partial charge >= 0.3 is 35.3 Å². The summed E-state index contributed by atoms with van der Waals surface area (Å²) in [7, 11) is 0. The summed E-state index contributed by atoms with van der Waals surface area (Å²) in [5, 5.41) is 0. The van der Waals surface area contributed by atoms with Gasteiger partial charge in [-0.15, -0.1) is 0 Å². The fourth-order valence-corrected chi connectivity index (χ4v) is 10.4. The molecule has 84 heavy (non-hydrogen) atoms. The lowest BCUT2D eigenvalue weighted by atomic mass is 9.97. The van der Waals surface area contributed by atoms with E-state index in [9.17, 15) is 4.79 Å². The summed E-state index contributed by atoms with van der Waals surface area (Å²) in [5.74, 6) is -6.81. The molecule has 10 aromatic carbocycles. The highest BCUT2D eigenvalue weighted by atomic mass is 16.8. The Morgan fingerprint density at radius 3 is 0.929 bits per heavy atom. The number of ether oxygens (including phenoxy) is 10. The van der Waals surface area contributed by atoms with Crippen molar-refractivity contribution in [3.63, 3.8) is 0 Å². The molecule has 3 aliphatic heterocycles. The molecular formula is C71H52O13. The summed E-state index contributed by atoms with van der Waals surface area (Å²) >= 11 is 0. The van der Waals surface area contributed by atoms with Crippen LogP contribution in [0, 0.1) is 0 Å². The van der Waals surface area contributed by atoms with Crippen LogP contribution in [0.2, 0.25) is 0 Å². The topological polar surface area (TPSA) is 144 Å². The Kier molecular flexibility index (Phi) is 13.3. The van der Waals surface area contributed by atoms with Crippen LogP contribution in [-0.2, 0) is 28.7 Å². The highest BCUT2D eigenvalue weighted by molar-refractivity contribution is 5.97. The Morgan fingerprint density at radius 2 is 0.619 bits per heavy atom. The van der Waals surface area contributed by atoms with E-state index >= 15 is 9.59 Å². The fourth-order valence-electron chi connectivity index (χ4n) is 10.4. The molecule has 0 aromatic heterocycles. The molecule has 0 saturated carbocycles. The van der Waals surface area contributed by atoms with Crippen LogP contribution in [0.15, 0.2) is 249 Å². The summed E-state index contributed by atoms with van der Waals surface area (Å²) in [4.78, 5) is 44.3. The number of fused-ring (bicyclic) bond motifs is 3. The number of rotatable bonds is 14. The van der Waals surface area contributed by atoms with E-state index in [0.717, 1.165) is 5.56 Å². The lowest BCUT2D eigenvalue weighted by molar-refractivity contribution is -0.0471. The molecule has 10 aromatic rings. The number of hydrogen-bond donors (Lipinski definition) is 0. The molecule has 0 radical (unpaired) electrons. The molecule has 414 valence electrons. The van der Waals surface area contributed by atoms with Crippen LogP contribution in [0.25, 0.3) is 0 Å². The summed E-state index contributed by atoms with van der Waals surface area (Å²) in [6.45, 7) is 5.35. The number of hydrogen-bond acceptors (Lipinski definition) is 13. The Bertz CT molecular complexity index is 3960. The largest absolute Gasteiger partial charge is 0.485 e. The van der Waals surface area contributed by atoms with Gasteiger partial charge in [0.15, 0.2) is 34.5 Å². The van der Waals surface area contributed by atoms with Gasteiger partial charge in [-0.3, -0.25) is 0 Å². The van der Waals surface area contributed by atoms with E-state index in [-0.39, 0.29) is 75.0 Å². The maximum atomic E-state index is 15.2. The Balaban J connectivity index is 0.918. The molecule has 13 nitrogen and oxygen atoms in total. The van der Waals surface area contributed by atoms with Crippen LogP contribution in [0.4, 0.5) is 0 Å². The molecule has 0 spiro atoms. The molecule has 0 aliphatic carbocycles. The average Bonchev–Trinajstić information content (AvgIpc) is 3.41. The monoisotopic (exact) mass is 1110 g/mol. The zero-order chi connectivity index (χ0) is 57.5. The normalized spacial score (nSPS) is 14.5. The lowest BCUT2D eigenvalue weighted by Crippen LogP contribution is -2.36. The summed E-state index contributed by atoms with van der Waals surface area (Å²) in [5.41, 5.74) is 3.66. The molecule has 3 heterocycles. The first-order chi connectivity index (χ1) is 40.9. The minimum absolute atomic E-state index is 0.00104. The van der Waals surface area contributed by atoms with Crippen molar-refractivity contribution in [1.82, 2.24) is 0 Å². The third-order valence-electron chi connectivity index (χ3n) is 14.2. The highest BCUT2D eigenvalue weighted by Crippen LogP contribution is 2.56. The van der Waals surface area contributed by atoms with Crippen molar-refractivity contribution in [1.29, 1.82) is 0 Å². The quantitative estimate of drug-likeness (QED) is 0.0753. The molecule has 0 atom stereocenters. The molecule has 0 unspecified atom stereocenters. The van der Waals surface area contributed by atoms with Gasteiger partial charge < -0.3 is 47.4 Å². The van der Waals surface area contributed by atoms with Gasteiger partial charge in [-0.05, 0) is 62.7 Å². The zero-order valence-electron chi connectivity index (χ0n) is 45.7. The maximum absolute atomic E-state index is 15.2. The molecule has 0 bridgehead atoms. The summed E-state index contributed by atoms with van der Waals surface area (Å²) in [6, 6.07) is 74.3. The van der Waals surface area contributed by atoms with E-state index in [4.69, 9.17) is 47.4 Å². The van der Waals surface area contributed by atoms with Gasteiger partial charge in [0.1, 0.15) is 12.2 Å². The average molecular weight is 1110 g/mol. The van der Waals surface area contributed by atoms with E-state index in [1.165, 1.54) is 36.4 Å². The van der Waals surface area contributed by atoms with Crippen molar-refractivity contribution in [3.8, 4) is 51.7 Å². The number of carbonyl (C=O) groups excluding carboxylic acids is 3. The molecule has 0 N–H and O–H groups in total. The second-order valence-electron chi connectivity index (χ2n) is 21.1. The molecule has 13 rings (SSSR count). The zero-order valence-corrected chi connectivity index (χ0v) is 45.7. The molecule has 13 heteroatoms.